The van der Waals surface area contributed by atoms with Gasteiger partial charge in [-0.25, -0.2) is 18.8 Å². The van der Waals surface area contributed by atoms with Gasteiger partial charge in [0.25, 0.3) is 5.91 Å². The summed E-state index contributed by atoms with van der Waals surface area (Å²) in [6.45, 7) is 6.03. The minimum atomic E-state index is -3.78. The molecule has 0 fully saturated rings. The maximum Gasteiger partial charge on any atom is 0.257 e. The van der Waals surface area contributed by atoms with Crippen molar-refractivity contribution in [3.05, 3.63) is 59.2 Å². The van der Waals surface area contributed by atoms with Gasteiger partial charge in [0.2, 0.25) is 10.0 Å². The van der Waals surface area contributed by atoms with Crippen molar-refractivity contribution < 1.29 is 23.9 Å². The van der Waals surface area contributed by atoms with Gasteiger partial charge >= 0.3 is 0 Å². The smallest absolute Gasteiger partial charge is 0.257 e. The predicted molar refractivity (Wildman–Crippen MR) is 111 cm³/mol. The van der Waals surface area contributed by atoms with E-state index in [1.165, 1.54) is 12.1 Å². The van der Waals surface area contributed by atoms with Crippen LogP contribution in [0.4, 0.5) is 5.69 Å². The zero-order valence-corrected chi connectivity index (χ0v) is 17.5. The highest BCUT2D eigenvalue weighted by Gasteiger charge is 2.12. The van der Waals surface area contributed by atoms with Crippen LogP contribution in [0.5, 0.6) is 0 Å². The van der Waals surface area contributed by atoms with Crippen LogP contribution in [-0.4, -0.2) is 24.6 Å². The molecule has 0 aliphatic carbocycles. The fourth-order valence-corrected chi connectivity index (χ4v) is 2.90. The number of amides is 1. The van der Waals surface area contributed by atoms with E-state index >= 15 is 0 Å². The number of sulfonamides is 1. The maximum absolute atomic E-state index is 12.2. The molecule has 1 amide bonds. The highest BCUT2D eigenvalue weighted by atomic mass is 32.2. The van der Waals surface area contributed by atoms with E-state index in [2.05, 4.69) is 10.6 Å². The molecule has 2 aromatic carbocycles. The molecular weight excluding hydrogens is 400 g/mol. The predicted octanol–water partition coefficient (Wildman–Crippen LogP) is 1.06. The molecule has 2 rings (SSSR count). The maximum atomic E-state index is 12.2. The molecule has 0 spiro atoms. The first-order chi connectivity index (χ1) is 13.2. The summed E-state index contributed by atoms with van der Waals surface area (Å²) in [5.41, 5.74) is 3.29. The number of carbonyl (C=O) groups is 1. The Bertz CT molecular complexity index is 946. The van der Waals surface area contributed by atoms with E-state index < -0.39 is 15.9 Å². The van der Waals surface area contributed by atoms with E-state index in [0.29, 0.717) is 16.8 Å². The Morgan fingerprint density at radius 1 is 1.21 bits per heavy atom. The van der Waals surface area contributed by atoms with Gasteiger partial charge in [0.15, 0.2) is 10.8 Å². The van der Waals surface area contributed by atoms with Gasteiger partial charge in [0.1, 0.15) is 0 Å². The molecule has 152 valence electrons. The molecule has 0 radical (unpaired) electrons. The summed E-state index contributed by atoms with van der Waals surface area (Å²) in [5, 5.41) is 19.7. The first kappa shape index (κ1) is 23.7. The monoisotopic (exact) mass is 425 g/mol. The van der Waals surface area contributed by atoms with Gasteiger partial charge in [0.05, 0.1) is 4.90 Å². The number of quaternary nitrogens is 1. The number of carbonyl (C=O) groups excluding carboxylic acids is 1. The second kappa shape index (κ2) is 10.8. The number of hydrogen-bond donors (Lipinski definition) is 5. The number of nitrogens with one attached hydrogen (secondary N) is 2. The second-order valence-corrected chi connectivity index (χ2v) is 7.50. The SMILES string of the molecule is CC.Cc1ccc(C(=O)NC(=S)NCc2cccc(S(N)(=O)=O)c2)cc1[NH2+]O. The van der Waals surface area contributed by atoms with E-state index in [1.54, 1.807) is 30.3 Å². The van der Waals surface area contributed by atoms with Crippen LogP contribution in [0.2, 0.25) is 0 Å². The van der Waals surface area contributed by atoms with Crippen molar-refractivity contribution >= 4 is 38.9 Å². The Balaban J connectivity index is 0.00000190. The highest BCUT2D eigenvalue weighted by molar-refractivity contribution is 7.89. The number of nitrogens with two attached hydrogens (primary N) is 2. The molecule has 7 N–H and O–H groups in total. The van der Waals surface area contributed by atoms with E-state index in [-0.39, 0.29) is 16.6 Å². The van der Waals surface area contributed by atoms with Crippen molar-refractivity contribution in [3.8, 4) is 0 Å². The third-order valence-corrected chi connectivity index (χ3v) is 4.75. The summed E-state index contributed by atoms with van der Waals surface area (Å²) in [4.78, 5) is 12.2. The molecule has 0 aliphatic heterocycles. The van der Waals surface area contributed by atoms with Crippen LogP contribution >= 0.6 is 12.2 Å². The summed E-state index contributed by atoms with van der Waals surface area (Å²) >= 11 is 5.08. The van der Waals surface area contributed by atoms with E-state index in [4.69, 9.17) is 22.6 Å². The van der Waals surface area contributed by atoms with Gasteiger partial charge in [-0.15, -0.1) is 0 Å². The van der Waals surface area contributed by atoms with Crippen LogP contribution in [-0.2, 0) is 16.6 Å². The standard InChI is InChI=1S/C16H18N4O4S2.C2H6/c1-10-5-6-12(8-14(10)20-22)15(21)19-16(25)18-9-11-3-2-4-13(7-11)26(17,23)24;1-2/h2-8,20,22H,9H2,1H3,(H2,17,23,24)(H2,18,19,21,25);1-2H3/p+1. The van der Waals surface area contributed by atoms with Gasteiger partial charge in [0, 0.05) is 23.7 Å². The summed E-state index contributed by atoms with van der Waals surface area (Å²) in [5.74, 6) is -0.427. The van der Waals surface area contributed by atoms with Gasteiger partial charge in [-0.1, -0.05) is 32.0 Å². The minimum Gasteiger partial charge on any atom is -0.358 e. The molecule has 0 saturated heterocycles. The molecular formula is C18H25N4O4S2+. The first-order valence-electron chi connectivity index (χ1n) is 8.49. The molecule has 0 atom stereocenters. The van der Waals surface area contributed by atoms with Crippen LogP contribution in [0.15, 0.2) is 47.4 Å². The average molecular weight is 426 g/mol. The average Bonchev–Trinajstić information content (AvgIpc) is 2.68. The molecule has 10 heteroatoms. The molecule has 0 aliphatic rings. The fraction of sp³-hybridized carbons (Fsp3) is 0.222. The summed E-state index contributed by atoms with van der Waals surface area (Å²) < 4.78 is 22.7. The quantitative estimate of drug-likeness (QED) is 0.276. The Hall–Kier alpha value is -2.37. The van der Waals surface area contributed by atoms with E-state index in [9.17, 15) is 13.2 Å². The van der Waals surface area contributed by atoms with Gasteiger partial charge in [-0.3, -0.25) is 10.1 Å². The summed E-state index contributed by atoms with van der Waals surface area (Å²) in [6, 6.07) is 11.0. The molecule has 8 nitrogen and oxygen atoms in total. The van der Waals surface area contributed by atoms with Crippen LogP contribution in [0, 0.1) is 6.92 Å². The fourth-order valence-electron chi connectivity index (χ4n) is 2.16. The number of hydrogen-bond acceptors (Lipinski definition) is 5. The lowest BCUT2D eigenvalue weighted by Gasteiger charge is -2.11. The van der Waals surface area contributed by atoms with Gasteiger partial charge in [-0.2, -0.15) is 5.48 Å². The van der Waals surface area contributed by atoms with Crippen molar-refractivity contribution in [2.45, 2.75) is 32.2 Å². The van der Waals surface area contributed by atoms with Crippen LogP contribution < -0.4 is 21.3 Å². The minimum absolute atomic E-state index is 0.000748. The van der Waals surface area contributed by atoms with Gasteiger partial charge < -0.3 is 5.32 Å². The normalized spacial score (nSPS) is 10.5. The third kappa shape index (κ3) is 6.98. The van der Waals surface area contributed by atoms with E-state index in [0.717, 1.165) is 11.0 Å². The van der Waals surface area contributed by atoms with Crippen molar-refractivity contribution in [2.75, 3.05) is 0 Å². The van der Waals surface area contributed by atoms with Crippen LogP contribution in [0.3, 0.4) is 0 Å². The Kier molecular flexibility index (Phi) is 9.16. The van der Waals surface area contributed by atoms with Crippen molar-refractivity contribution in [2.24, 2.45) is 5.14 Å². The van der Waals surface area contributed by atoms with Crippen molar-refractivity contribution in [1.82, 2.24) is 10.6 Å². The Labute approximate surface area is 170 Å². The van der Waals surface area contributed by atoms with Crippen molar-refractivity contribution in [3.63, 3.8) is 0 Å². The number of rotatable bonds is 5. The molecule has 2 aromatic rings. The number of primary sulfonamides is 1. The number of benzene rings is 2. The molecule has 0 aromatic heterocycles. The van der Waals surface area contributed by atoms with Gasteiger partial charge in [-0.05, 0) is 42.9 Å². The third-order valence-electron chi connectivity index (χ3n) is 3.59. The largest absolute Gasteiger partial charge is 0.358 e. The summed E-state index contributed by atoms with van der Waals surface area (Å²) in [7, 11) is -3.78. The summed E-state index contributed by atoms with van der Waals surface area (Å²) in [6.07, 6.45) is 0. The lowest BCUT2D eigenvalue weighted by molar-refractivity contribution is -0.826. The lowest BCUT2D eigenvalue weighted by atomic mass is 10.1. The second-order valence-electron chi connectivity index (χ2n) is 5.53. The Morgan fingerprint density at radius 3 is 2.50 bits per heavy atom. The highest BCUT2D eigenvalue weighted by Crippen LogP contribution is 2.12. The van der Waals surface area contributed by atoms with Crippen LogP contribution in [0.25, 0.3) is 0 Å². The number of aryl methyl sites for hydroxylation is 1. The van der Waals surface area contributed by atoms with Crippen molar-refractivity contribution in [1.29, 1.82) is 0 Å². The number of thiocarbonyl (C=S) groups is 1. The van der Waals surface area contributed by atoms with Crippen LogP contribution in [0.1, 0.15) is 35.3 Å². The first-order valence-corrected chi connectivity index (χ1v) is 10.4. The zero-order chi connectivity index (χ0) is 21.3. The Morgan fingerprint density at radius 2 is 1.89 bits per heavy atom. The molecule has 0 bridgehead atoms. The molecule has 0 saturated carbocycles. The lowest BCUT2D eigenvalue weighted by Crippen LogP contribution is -2.74. The van der Waals surface area contributed by atoms with E-state index in [1.807, 2.05) is 20.8 Å². The molecule has 0 unspecified atom stereocenters. The molecule has 28 heavy (non-hydrogen) atoms. The molecule has 0 heterocycles. The zero-order valence-electron chi connectivity index (χ0n) is 15.9. The topological polar surface area (TPSA) is 138 Å².